The summed E-state index contributed by atoms with van der Waals surface area (Å²) in [5, 5.41) is 14.7. The highest BCUT2D eigenvalue weighted by atomic mass is 35.5. The molecule has 0 amide bonds. The maximum absolute atomic E-state index is 14.5. The zero-order valence-corrected chi connectivity index (χ0v) is 16.5. The van der Waals surface area contributed by atoms with E-state index in [1.54, 1.807) is 0 Å². The molecule has 0 saturated heterocycles. The van der Waals surface area contributed by atoms with Crippen LogP contribution in [0.2, 0.25) is 10.4 Å². The lowest BCUT2D eigenvalue weighted by atomic mass is 9.79. The van der Waals surface area contributed by atoms with Gasteiger partial charge in [0.25, 0.3) is 0 Å². The minimum Gasteiger partial charge on any atom is -0.382 e. The first-order chi connectivity index (χ1) is 12.7. The predicted octanol–water partition coefficient (Wildman–Crippen LogP) is 3.91. The van der Waals surface area contributed by atoms with E-state index in [1.807, 2.05) is 0 Å². The molecule has 28 heavy (non-hydrogen) atoms. The summed E-state index contributed by atoms with van der Waals surface area (Å²) < 4.78 is 43.4. The van der Waals surface area contributed by atoms with E-state index in [9.17, 15) is 18.3 Å². The van der Waals surface area contributed by atoms with Gasteiger partial charge in [-0.25, -0.2) is 32.8 Å². The second-order valence-electron chi connectivity index (χ2n) is 5.84. The van der Waals surface area contributed by atoms with Crippen molar-refractivity contribution in [3.05, 3.63) is 70.0 Å². The Bertz CT molecular complexity index is 990. The van der Waals surface area contributed by atoms with Gasteiger partial charge in [-0.3, -0.25) is 0 Å². The van der Waals surface area contributed by atoms with Crippen LogP contribution in [0.15, 0.2) is 30.9 Å². The number of aromatic nitrogens is 5. The molecule has 12 heteroatoms. The lowest BCUT2D eigenvalue weighted by Gasteiger charge is -2.34. The number of benzene rings is 1. The summed E-state index contributed by atoms with van der Waals surface area (Å²) in [6.07, 6.45) is 2.23. The minimum atomic E-state index is -2.09. The van der Waals surface area contributed by atoms with Gasteiger partial charge in [0.1, 0.15) is 29.9 Å². The van der Waals surface area contributed by atoms with Gasteiger partial charge in [0, 0.05) is 17.5 Å². The van der Waals surface area contributed by atoms with Crippen molar-refractivity contribution in [3.63, 3.8) is 0 Å². The van der Waals surface area contributed by atoms with Crippen LogP contribution in [0, 0.1) is 17.5 Å². The summed E-state index contributed by atoms with van der Waals surface area (Å²) >= 11 is 11.4. The number of halogens is 6. The van der Waals surface area contributed by atoms with Gasteiger partial charge in [0.2, 0.25) is 5.28 Å². The SMILES string of the molecule is CC(c1ncnc(Cl)c1F)C(O)(Cn1cnc(Cl)n1)c1ccc(F)cc1F.Cl. The zero-order chi connectivity index (χ0) is 19.8. The van der Waals surface area contributed by atoms with E-state index in [4.69, 9.17) is 23.2 Å². The maximum atomic E-state index is 14.5. The summed E-state index contributed by atoms with van der Waals surface area (Å²) in [5.74, 6) is -3.92. The van der Waals surface area contributed by atoms with Crippen molar-refractivity contribution in [3.8, 4) is 0 Å². The van der Waals surface area contributed by atoms with E-state index in [0.29, 0.717) is 6.07 Å². The van der Waals surface area contributed by atoms with Gasteiger partial charge in [-0.2, -0.15) is 0 Å². The van der Waals surface area contributed by atoms with Gasteiger partial charge in [-0.15, -0.1) is 17.5 Å². The summed E-state index contributed by atoms with van der Waals surface area (Å²) in [6, 6.07) is 2.67. The third-order valence-electron chi connectivity index (χ3n) is 4.21. The molecular formula is C16H13Cl3F3N5O. The highest BCUT2D eigenvalue weighted by Gasteiger charge is 2.42. The molecule has 0 saturated carbocycles. The molecule has 1 N–H and O–H groups in total. The molecule has 0 spiro atoms. The lowest BCUT2D eigenvalue weighted by molar-refractivity contribution is -0.0133. The van der Waals surface area contributed by atoms with Gasteiger partial charge in [0.15, 0.2) is 11.0 Å². The van der Waals surface area contributed by atoms with Crippen molar-refractivity contribution in [2.24, 2.45) is 0 Å². The third-order valence-corrected chi connectivity index (χ3v) is 4.65. The minimum absolute atomic E-state index is 0. The molecule has 2 unspecified atom stereocenters. The molecule has 1 aromatic carbocycles. The van der Waals surface area contributed by atoms with E-state index in [2.05, 4.69) is 20.1 Å². The highest BCUT2D eigenvalue weighted by molar-refractivity contribution is 6.29. The maximum Gasteiger partial charge on any atom is 0.242 e. The molecule has 0 bridgehead atoms. The molecule has 0 aliphatic rings. The fourth-order valence-electron chi connectivity index (χ4n) is 2.78. The summed E-state index contributed by atoms with van der Waals surface area (Å²) in [5.41, 5.74) is -2.61. The molecule has 0 fully saturated rings. The largest absolute Gasteiger partial charge is 0.382 e. The van der Waals surface area contributed by atoms with Crippen LogP contribution in [-0.4, -0.2) is 29.8 Å². The molecule has 0 aliphatic heterocycles. The first-order valence-electron chi connectivity index (χ1n) is 7.61. The predicted molar refractivity (Wildman–Crippen MR) is 97.9 cm³/mol. The van der Waals surface area contributed by atoms with Crippen LogP contribution < -0.4 is 0 Å². The Hall–Kier alpha value is -1.94. The number of nitrogens with zero attached hydrogens (tertiary/aromatic N) is 5. The fourth-order valence-corrected chi connectivity index (χ4v) is 3.06. The summed E-state index contributed by atoms with van der Waals surface area (Å²) in [4.78, 5) is 11.1. The third kappa shape index (κ3) is 4.22. The Kier molecular flexibility index (Phi) is 6.87. The van der Waals surface area contributed by atoms with E-state index >= 15 is 0 Å². The topological polar surface area (TPSA) is 76.7 Å². The van der Waals surface area contributed by atoms with Crippen LogP contribution in [0.25, 0.3) is 0 Å². The summed E-state index contributed by atoms with van der Waals surface area (Å²) in [6.45, 7) is 1.06. The van der Waals surface area contributed by atoms with Crippen molar-refractivity contribution in [2.75, 3.05) is 0 Å². The standard InChI is InChI=1S/C16H12Cl2F3N5O.ClH/c1-8(13-12(21)14(17)23-6-22-13)16(27,5-26-7-24-15(18)25-26)10-3-2-9(19)4-11(10)20;/h2-4,6-8,27H,5H2,1H3;1H. The Morgan fingerprint density at radius 2 is 1.89 bits per heavy atom. The van der Waals surface area contributed by atoms with Crippen LogP contribution in [0.3, 0.4) is 0 Å². The molecule has 6 nitrogen and oxygen atoms in total. The number of hydrogen-bond acceptors (Lipinski definition) is 5. The highest BCUT2D eigenvalue weighted by Crippen LogP contribution is 2.40. The molecule has 150 valence electrons. The Balaban J connectivity index is 0.00000280. The molecule has 3 aromatic rings. The monoisotopic (exact) mass is 453 g/mol. The van der Waals surface area contributed by atoms with Gasteiger partial charge in [-0.05, 0) is 17.7 Å². The van der Waals surface area contributed by atoms with E-state index < -0.39 is 34.1 Å². The fraction of sp³-hybridized carbons (Fsp3) is 0.250. The zero-order valence-electron chi connectivity index (χ0n) is 14.2. The molecule has 2 aromatic heterocycles. The molecule has 3 rings (SSSR count). The van der Waals surface area contributed by atoms with E-state index in [-0.39, 0.29) is 35.5 Å². The van der Waals surface area contributed by atoms with Crippen LogP contribution >= 0.6 is 35.6 Å². The average Bonchev–Trinajstić information content (AvgIpc) is 3.01. The first kappa shape index (κ1) is 22.4. The number of rotatable bonds is 5. The van der Waals surface area contributed by atoms with Gasteiger partial charge < -0.3 is 5.11 Å². The lowest BCUT2D eigenvalue weighted by Crippen LogP contribution is -2.39. The second-order valence-corrected chi connectivity index (χ2v) is 6.54. The smallest absolute Gasteiger partial charge is 0.242 e. The molecule has 2 atom stereocenters. The summed E-state index contributed by atoms with van der Waals surface area (Å²) in [7, 11) is 0. The van der Waals surface area contributed by atoms with E-state index in [1.165, 1.54) is 13.3 Å². The van der Waals surface area contributed by atoms with Gasteiger partial charge >= 0.3 is 0 Å². The molecule has 0 aliphatic carbocycles. The number of hydrogen-bond donors (Lipinski definition) is 1. The Labute approximate surface area is 173 Å². The van der Waals surface area contributed by atoms with Gasteiger partial charge in [0.05, 0.1) is 12.2 Å². The Morgan fingerprint density at radius 3 is 2.50 bits per heavy atom. The first-order valence-corrected chi connectivity index (χ1v) is 8.36. The second kappa shape index (κ2) is 8.60. The van der Waals surface area contributed by atoms with Crippen molar-refractivity contribution < 1.29 is 18.3 Å². The van der Waals surface area contributed by atoms with Crippen molar-refractivity contribution >= 4 is 35.6 Å². The van der Waals surface area contributed by atoms with Gasteiger partial charge in [-0.1, -0.05) is 24.6 Å². The molecular weight excluding hydrogens is 442 g/mol. The van der Waals surface area contributed by atoms with Crippen molar-refractivity contribution in [1.29, 1.82) is 0 Å². The molecule has 0 radical (unpaired) electrons. The van der Waals surface area contributed by atoms with E-state index in [0.717, 1.165) is 23.1 Å². The van der Waals surface area contributed by atoms with Crippen LogP contribution in [0.4, 0.5) is 13.2 Å². The van der Waals surface area contributed by atoms with Crippen LogP contribution in [-0.2, 0) is 12.1 Å². The van der Waals surface area contributed by atoms with Crippen LogP contribution in [0.5, 0.6) is 0 Å². The average molecular weight is 455 g/mol. The van der Waals surface area contributed by atoms with Crippen molar-refractivity contribution in [1.82, 2.24) is 24.7 Å². The normalized spacial score (nSPS) is 14.2. The van der Waals surface area contributed by atoms with Crippen molar-refractivity contribution in [2.45, 2.75) is 25.0 Å². The molecule has 2 heterocycles. The quantitative estimate of drug-likeness (QED) is 0.592. The Morgan fingerprint density at radius 1 is 1.18 bits per heavy atom. The number of aliphatic hydroxyl groups is 1. The van der Waals surface area contributed by atoms with Crippen LogP contribution in [0.1, 0.15) is 24.1 Å².